The van der Waals surface area contributed by atoms with Crippen LogP contribution in [-0.2, 0) is 9.53 Å². The molecular formula is C26H32FO7-. The van der Waals surface area contributed by atoms with Gasteiger partial charge in [0.1, 0.15) is 12.4 Å². The molecule has 0 saturated carbocycles. The van der Waals surface area contributed by atoms with E-state index in [2.05, 4.69) is 0 Å². The van der Waals surface area contributed by atoms with E-state index in [1.165, 1.54) is 25.3 Å². The molecule has 186 valence electrons. The third-order valence-corrected chi connectivity index (χ3v) is 5.22. The van der Waals surface area contributed by atoms with E-state index < -0.39 is 24.6 Å². The summed E-state index contributed by atoms with van der Waals surface area (Å²) in [5.41, 5.74) is 2.96. The van der Waals surface area contributed by atoms with Crippen molar-refractivity contribution in [2.24, 2.45) is 0 Å². The summed E-state index contributed by atoms with van der Waals surface area (Å²) in [4.78, 5) is 10.7. The molecule has 0 spiro atoms. The molecule has 2 N–H and O–H groups in total. The molecule has 0 aliphatic rings. The molecule has 0 radical (unpaired) electrons. The van der Waals surface area contributed by atoms with Gasteiger partial charge in [0.2, 0.25) is 0 Å². The Kier molecular flexibility index (Phi) is 10.5. The van der Waals surface area contributed by atoms with Crippen molar-refractivity contribution in [2.75, 3.05) is 27.4 Å². The second-order valence-electron chi connectivity index (χ2n) is 8.18. The van der Waals surface area contributed by atoms with Gasteiger partial charge in [0.25, 0.3) is 0 Å². The number of aliphatic carboxylic acids is 1. The van der Waals surface area contributed by atoms with Crippen LogP contribution in [0.15, 0.2) is 36.4 Å². The fraction of sp³-hybridized carbons (Fsp3) is 0.423. The third-order valence-electron chi connectivity index (χ3n) is 5.22. The van der Waals surface area contributed by atoms with Crippen LogP contribution >= 0.6 is 0 Å². The normalized spacial score (nSPS) is 13.3. The summed E-state index contributed by atoms with van der Waals surface area (Å²) in [6, 6.07) is 7.83. The van der Waals surface area contributed by atoms with Crippen molar-refractivity contribution in [3.63, 3.8) is 0 Å². The van der Waals surface area contributed by atoms with Crippen LogP contribution in [0.5, 0.6) is 11.5 Å². The molecule has 2 aromatic carbocycles. The largest absolute Gasteiger partial charge is 0.550 e. The summed E-state index contributed by atoms with van der Waals surface area (Å²) in [6.07, 6.45) is 0.118. The molecule has 0 aliphatic carbocycles. The Morgan fingerprint density at radius 2 is 1.82 bits per heavy atom. The summed E-state index contributed by atoms with van der Waals surface area (Å²) in [6.45, 7) is 4.70. The van der Waals surface area contributed by atoms with Gasteiger partial charge in [0.15, 0.2) is 11.5 Å². The fourth-order valence-corrected chi connectivity index (χ4v) is 3.62. The predicted molar refractivity (Wildman–Crippen MR) is 125 cm³/mol. The number of carboxylic acid groups (broad SMARTS) is 1. The number of carbonyl (C=O) groups excluding carboxylic acids is 1. The lowest BCUT2D eigenvalue weighted by Crippen LogP contribution is -2.29. The molecule has 0 saturated heterocycles. The van der Waals surface area contributed by atoms with E-state index in [-0.39, 0.29) is 18.2 Å². The average Bonchev–Trinajstić information content (AvgIpc) is 2.77. The topological polar surface area (TPSA) is 108 Å². The summed E-state index contributed by atoms with van der Waals surface area (Å²) >= 11 is 0. The number of ether oxygens (including phenoxy) is 3. The van der Waals surface area contributed by atoms with Crippen molar-refractivity contribution in [1.29, 1.82) is 0 Å². The molecule has 8 heteroatoms. The Balaban J connectivity index is 2.61. The molecule has 0 fully saturated rings. The first-order chi connectivity index (χ1) is 16.2. The Bertz CT molecular complexity index is 970. The van der Waals surface area contributed by atoms with Gasteiger partial charge in [0.05, 0.1) is 25.9 Å². The maximum Gasteiger partial charge on any atom is 0.169 e. The molecule has 7 nitrogen and oxygen atoms in total. The molecular weight excluding hydrogens is 443 g/mol. The lowest BCUT2D eigenvalue weighted by atomic mass is 9.88. The maximum atomic E-state index is 13.7. The van der Waals surface area contributed by atoms with E-state index in [1.807, 2.05) is 19.9 Å². The van der Waals surface area contributed by atoms with E-state index in [4.69, 9.17) is 14.2 Å². The summed E-state index contributed by atoms with van der Waals surface area (Å²) < 4.78 is 30.4. The van der Waals surface area contributed by atoms with Gasteiger partial charge in [-0.05, 0) is 40.8 Å². The first-order valence-corrected chi connectivity index (χ1v) is 11.0. The number of methoxy groups -OCH3 is 2. The van der Waals surface area contributed by atoms with Crippen LogP contribution in [0.25, 0.3) is 17.2 Å². The maximum absolute atomic E-state index is 13.7. The van der Waals surface area contributed by atoms with Gasteiger partial charge >= 0.3 is 0 Å². The molecule has 0 heterocycles. The number of rotatable bonds is 13. The Morgan fingerprint density at radius 1 is 1.15 bits per heavy atom. The SMILES string of the molecule is COCCOc1cc(C(C)C)c(/C=C/C(O)CC(O)CC(=O)[O-])c(-c2ccc(F)cc2)c1OC. The van der Waals surface area contributed by atoms with Crippen LogP contribution in [0.4, 0.5) is 4.39 Å². The van der Waals surface area contributed by atoms with Gasteiger partial charge in [0, 0.05) is 31.5 Å². The van der Waals surface area contributed by atoms with E-state index >= 15 is 0 Å². The Labute approximate surface area is 199 Å². The van der Waals surface area contributed by atoms with E-state index in [0.29, 0.717) is 35.8 Å². The van der Waals surface area contributed by atoms with Crippen molar-refractivity contribution in [3.05, 3.63) is 53.4 Å². The monoisotopic (exact) mass is 475 g/mol. The van der Waals surface area contributed by atoms with Crippen molar-refractivity contribution in [1.82, 2.24) is 0 Å². The number of hydrogen-bond acceptors (Lipinski definition) is 7. The standard InChI is InChI=1S/C26H33FO7/c1-16(2)22-15-23(34-12-11-32-3)26(33-4)25(17-5-7-18(27)8-6-17)21(22)10-9-19(28)13-20(29)14-24(30)31/h5-10,15-16,19-20,28-29H,11-14H2,1-4H3,(H,30,31)/p-1/b10-9+. The minimum Gasteiger partial charge on any atom is -0.550 e. The number of hydrogen-bond donors (Lipinski definition) is 2. The smallest absolute Gasteiger partial charge is 0.169 e. The Hall–Kier alpha value is -2.94. The number of aliphatic hydroxyl groups excluding tert-OH is 2. The molecule has 2 unspecified atom stereocenters. The molecule has 0 aliphatic heterocycles. The molecule has 0 bridgehead atoms. The van der Waals surface area contributed by atoms with Crippen molar-refractivity contribution >= 4 is 12.0 Å². The second-order valence-corrected chi connectivity index (χ2v) is 8.18. The van der Waals surface area contributed by atoms with Crippen LogP contribution < -0.4 is 14.6 Å². The first-order valence-electron chi connectivity index (χ1n) is 11.0. The van der Waals surface area contributed by atoms with Crippen LogP contribution in [0.1, 0.15) is 43.7 Å². The molecule has 0 aromatic heterocycles. The highest BCUT2D eigenvalue weighted by Gasteiger charge is 2.22. The van der Waals surface area contributed by atoms with Gasteiger partial charge in [-0.15, -0.1) is 0 Å². The summed E-state index contributed by atoms with van der Waals surface area (Å²) in [5.74, 6) is -0.773. The minimum atomic E-state index is -1.39. The molecule has 34 heavy (non-hydrogen) atoms. The zero-order chi connectivity index (χ0) is 25.3. The average molecular weight is 476 g/mol. The van der Waals surface area contributed by atoms with Crippen LogP contribution in [0.2, 0.25) is 0 Å². The van der Waals surface area contributed by atoms with Crippen LogP contribution in [0, 0.1) is 5.82 Å². The van der Waals surface area contributed by atoms with Crippen LogP contribution in [-0.4, -0.2) is 55.8 Å². The molecule has 0 amide bonds. The highest BCUT2D eigenvalue weighted by Crippen LogP contribution is 2.45. The van der Waals surface area contributed by atoms with Crippen molar-refractivity contribution < 1.29 is 38.7 Å². The zero-order valence-corrected chi connectivity index (χ0v) is 19.9. The van der Waals surface area contributed by atoms with Gasteiger partial charge in [-0.2, -0.15) is 0 Å². The number of carboxylic acids is 1. The Morgan fingerprint density at radius 3 is 2.38 bits per heavy atom. The lowest BCUT2D eigenvalue weighted by Gasteiger charge is -2.22. The number of aliphatic hydroxyl groups is 2. The van der Waals surface area contributed by atoms with Gasteiger partial charge in [-0.1, -0.05) is 38.1 Å². The highest BCUT2D eigenvalue weighted by atomic mass is 19.1. The zero-order valence-electron chi connectivity index (χ0n) is 19.9. The summed E-state index contributed by atoms with van der Waals surface area (Å²) in [5, 5.41) is 30.9. The minimum absolute atomic E-state index is 0.0512. The quantitative estimate of drug-likeness (QED) is 0.429. The molecule has 2 aromatic rings. The van der Waals surface area contributed by atoms with Gasteiger partial charge < -0.3 is 34.3 Å². The number of benzene rings is 2. The molecule has 2 rings (SSSR count). The van der Waals surface area contributed by atoms with Gasteiger partial charge in [-0.25, -0.2) is 4.39 Å². The van der Waals surface area contributed by atoms with Gasteiger partial charge in [-0.3, -0.25) is 0 Å². The van der Waals surface area contributed by atoms with Crippen molar-refractivity contribution in [3.8, 4) is 22.6 Å². The number of carbonyl (C=O) groups is 1. The number of halogens is 1. The first kappa shape index (κ1) is 27.3. The highest BCUT2D eigenvalue weighted by molar-refractivity contribution is 5.85. The lowest BCUT2D eigenvalue weighted by molar-refractivity contribution is -0.307. The van der Waals surface area contributed by atoms with E-state index in [9.17, 15) is 24.5 Å². The van der Waals surface area contributed by atoms with E-state index in [1.54, 1.807) is 25.3 Å². The summed E-state index contributed by atoms with van der Waals surface area (Å²) in [7, 11) is 3.09. The second kappa shape index (κ2) is 13.1. The van der Waals surface area contributed by atoms with Crippen LogP contribution in [0.3, 0.4) is 0 Å². The molecule has 2 atom stereocenters. The predicted octanol–water partition coefficient (Wildman–Crippen LogP) is 2.92. The van der Waals surface area contributed by atoms with E-state index in [0.717, 1.165) is 11.1 Å². The third kappa shape index (κ3) is 7.55. The van der Waals surface area contributed by atoms with Crippen molar-refractivity contribution in [2.45, 2.75) is 44.8 Å². The fourth-order valence-electron chi connectivity index (χ4n) is 3.62.